The van der Waals surface area contributed by atoms with E-state index in [4.69, 9.17) is 0 Å². The van der Waals surface area contributed by atoms with Crippen LogP contribution < -0.4 is 0 Å². The zero-order valence-electron chi connectivity index (χ0n) is 12.6. The van der Waals surface area contributed by atoms with Crippen molar-refractivity contribution < 1.29 is 8.78 Å². The fourth-order valence-electron chi connectivity index (χ4n) is 2.79. The second kappa shape index (κ2) is 6.48. The van der Waals surface area contributed by atoms with Crippen molar-refractivity contribution in [2.45, 2.75) is 39.3 Å². The molecule has 1 aromatic carbocycles. The van der Waals surface area contributed by atoms with E-state index in [-0.39, 0.29) is 0 Å². The molecule has 3 rings (SSSR count). The Balaban J connectivity index is 1.70. The molecule has 1 aliphatic rings. The predicted molar refractivity (Wildman–Crippen MR) is 80.2 cm³/mol. The largest absolute Gasteiger partial charge is 0.294 e. The lowest BCUT2D eigenvalue weighted by Gasteiger charge is -2.28. The summed E-state index contributed by atoms with van der Waals surface area (Å²) in [4.78, 5) is 11.2. The molecule has 116 valence electrons. The van der Waals surface area contributed by atoms with Crippen LogP contribution in [0.5, 0.6) is 0 Å². The van der Waals surface area contributed by atoms with Gasteiger partial charge in [0, 0.05) is 49.9 Å². The van der Waals surface area contributed by atoms with Gasteiger partial charge in [0.25, 0.3) is 0 Å². The highest BCUT2D eigenvalue weighted by molar-refractivity contribution is 5.22. The summed E-state index contributed by atoms with van der Waals surface area (Å²) in [5.41, 5.74) is 3.04. The molecule has 5 heteroatoms. The molecule has 0 saturated carbocycles. The Morgan fingerprint density at radius 3 is 2.86 bits per heavy atom. The van der Waals surface area contributed by atoms with Gasteiger partial charge < -0.3 is 0 Å². The summed E-state index contributed by atoms with van der Waals surface area (Å²) in [7, 11) is 0. The minimum absolute atomic E-state index is 0.605. The van der Waals surface area contributed by atoms with Crippen LogP contribution in [-0.2, 0) is 25.9 Å². The number of aromatic nitrogens is 2. The normalized spacial score (nSPS) is 14.9. The Morgan fingerprint density at radius 2 is 2.09 bits per heavy atom. The van der Waals surface area contributed by atoms with Crippen LogP contribution in [-0.4, -0.2) is 21.4 Å². The highest BCUT2D eigenvalue weighted by Gasteiger charge is 2.18. The molecule has 0 aliphatic carbocycles. The fourth-order valence-corrected chi connectivity index (χ4v) is 2.79. The van der Waals surface area contributed by atoms with E-state index in [2.05, 4.69) is 21.8 Å². The van der Waals surface area contributed by atoms with Gasteiger partial charge >= 0.3 is 0 Å². The Bertz CT molecular complexity index is 673. The van der Waals surface area contributed by atoms with Crippen LogP contribution in [0, 0.1) is 11.6 Å². The summed E-state index contributed by atoms with van der Waals surface area (Å²) >= 11 is 0. The van der Waals surface area contributed by atoms with Gasteiger partial charge in [-0.2, -0.15) is 0 Å². The average Bonchev–Trinajstić information content (AvgIpc) is 2.51. The van der Waals surface area contributed by atoms with E-state index in [1.54, 1.807) is 6.07 Å². The lowest BCUT2D eigenvalue weighted by atomic mass is 10.1. The molecule has 1 aliphatic heterocycles. The second-order valence-corrected chi connectivity index (χ2v) is 5.72. The number of aryl methyl sites for hydroxylation is 1. The highest BCUT2D eigenvalue weighted by Crippen LogP contribution is 2.19. The Kier molecular flexibility index (Phi) is 4.43. The zero-order valence-corrected chi connectivity index (χ0v) is 12.6. The van der Waals surface area contributed by atoms with Crippen molar-refractivity contribution in [3.8, 4) is 0 Å². The summed E-state index contributed by atoms with van der Waals surface area (Å²) in [5.74, 6) is -0.678. The lowest BCUT2D eigenvalue weighted by Crippen LogP contribution is -2.31. The summed E-state index contributed by atoms with van der Waals surface area (Å²) in [6.07, 6.45) is 4.73. The van der Waals surface area contributed by atoms with Gasteiger partial charge in [0.2, 0.25) is 0 Å². The maximum atomic E-state index is 13.3. The molecule has 1 aromatic heterocycles. The van der Waals surface area contributed by atoms with Gasteiger partial charge in [-0.3, -0.25) is 4.90 Å². The van der Waals surface area contributed by atoms with Crippen molar-refractivity contribution in [1.29, 1.82) is 0 Å². The van der Waals surface area contributed by atoms with Gasteiger partial charge in [-0.1, -0.05) is 13.0 Å². The lowest BCUT2D eigenvalue weighted by molar-refractivity contribution is 0.242. The van der Waals surface area contributed by atoms with Crippen LogP contribution in [0.15, 0.2) is 24.4 Å². The van der Waals surface area contributed by atoms with Crippen LogP contribution in [0.3, 0.4) is 0 Å². The molecule has 3 nitrogen and oxygen atoms in total. The fraction of sp³-hybridized carbons (Fsp3) is 0.412. The molecule has 0 N–H and O–H groups in total. The topological polar surface area (TPSA) is 29.0 Å². The quantitative estimate of drug-likeness (QED) is 0.868. The van der Waals surface area contributed by atoms with Crippen LogP contribution in [0.2, 0.25) is 0 Å². The van der Waals surface area contributed by atoms with E-state index in [1.165, 1.54) is 12.1 Å². The predicted octanol–water partition coefficient (Wildman–Crippen LogP) is 3.27. The SMILES string of the molecule is CCCc1ncc2c(n1)CCN(Cc1ccc(F)c(F)c1)C2. The smallest absolute Gasteiger partial charge is 0.159 e. The Labute approximate surface area is 129 Å². The molecule has 0 saturated heterocycles. The van der Waals surface area contributed by atoms with E-state index in [0.717, 1.165) is 55.0 Å². The first-order chi connectivity index (χ1) is 10.7. The molecule has 0 atom stereocenters. The molecule has 0 fully saturated rings. The molecular weight excluding hydrogens is 284 g/mol. The van der Waals surface area contributed by atoms with Gasteiger partial charge in [0.15, 0.2) is 11.6 Å². The first-order valence-electron chi connectivity index (χ1n) is 7.65. The van der Waals surface area contributed by atoms with Gasteiger partial charge in [-0.25, -0.2) is 18.7 Å². The van der Waals surface area contributed by atoms with Crippen LogP contribution in [0.25, 0.3) is 0 Å². The van der Waals surface area contributed by atoms with Crippen molar-refractivity contribution in [2.24, 2.45) is 0 Å². The second-order valence-electron chi connectivity index (χ2n) is 5.72. The molecule has 0 radical (unpaired) electrons. The summed E-state index contributed by atoms with van der Waals surface area (Å²) in [5, 5.41) is 0. The number of benzene rings is 1. The first kappa shape index (κ1) is 15.0. The van der Waals surface area contributed by atoms with E-state index < -0.39 is 11.6 Å². The third kappa shape index (κ3) is 3.30. The number of hydrogen-bond donors (Lipinski definition) is 0. The molecule has 0 spiro atoms. The molecule has 0 bridgehead atoms. The summed E-state index contributed by atoms with van der Waals surface area (Å²) < 4.78 is 26.2. The summed E-state index contributed by atoms with van der Waals surface area (Å²) in [6, 6.07) is 4.09. The van der Waals surface area contributed by atoms with Gasteiger partial charge in [-0.15, -0.1) is 0 Å². The Hall–Kier alpha value is -1.88. The van der Waals surface area contributed by atoms with Gasteiger partial charge in [-0.05, 0) is 24.1 Å². The monoisotopic (exact) mass is 303 g/mol. The van der Waals surface area contributed by atoms with E-state index in [0.29, 0.717) is 6.54 Å². The van der Waals surface area contributed by atoms with E-state index >= 15 is 0 Å². The van der Waals surface area contributed by atoms with Crippen molar-refractivity contribution >= 4 is 0 Å². The number of rotatable bonds is 4. The Morgan fingerprint density at radius 1 is 1.23 bits per heavy atom. The van der Waals surface area contributed by atoms with Crippen LogP contribution in [0.1, 0.15) is 36.0 Å². The highest BCUT2D eigenvalue weighted by atomic mass is 19.2. The average molecular weight is 303 g/mol. The third-order valence-electron chi connectivity index (χ3n) is 3.93. The maximum Gasteiger partial charge on any atom is 0.159 e. The molecule has 2 heterocycles. The minimum Gasteiger partial charge on any atom is -0.294 e. The third-order valence-corrected chi connectivity index (χ3v) is 3.93. The van der Waals surface area contributed by atoms with Gasteiger partial charge in [0.1, 0.15) is 5.82 Å². The molecular formula is C17H19F2N3. The summed E-state index contributed by atoms with van der Waals surface area (Å²) in [6.45, 7) is 4.34. The molecule has 2 aromatic rings. The van der Waals surface area contributed by atoms with E-state index in [9.17, 15) is 8.78 Å². The van der Waals surface area contributed by atoms with Crippen molar-refractivity contribution in [3.63, 3.8) is 0 Å². The van der Waals surface area contributed by atoms with E-state index in [1.807, 2.05) is 6.20 Å². The van der Waals surface area contributed by atoms with Crippen molar-refractivity contribution in [1.82, 2.24) is 14.9 Å². The number of fused-ring (bicyclic) bond motifs is 1. The van der Waals surface area contributed by atoms with Crippen LogP contribution >= 0.6 is 0 Å². The van der Waals surface area contributed by atoms with Crippen molar-refractivity contribution in [2.75, 3.05) is 6.54 Å². The molecule has 0 unspecified atom stereocenters. The number of hydrogen-bond acceptors (Lipinski definition) is 3. The number of halogens is 2. The first-order valence-corrected chi connectivity index (χ1v) is 7.65. The van der Waals surface area contributed by atoms with Crippen molar-refractivity contribution in [3.05, 3.63) is 58.7 Å². The maximum absolute atomic E-state index is 13.3. The zero-order chi connectivity index (χ0) is 15.5. The molecule has 22 heavy (non-hydrogen) atoms. The van der Waals surface area contributed by atoms with Crippen LogP contribution in [0.4, 0.5) is 8.78 Å². The number of nitrogens with zero attached hydrogens (tertiary/aromatic N) is 3. The minimum atomic E-state index is -0.801. The standard InChI is InChI=1S/C17H19F2N3/c1-2-3-17-20-9-13-11-22(7-6-16(13)21-17)10-12-4-5-14(18)15(19)8-12/h4-5,8-9H,2-3,6-7,10-11H2,1H3. The van der Waals surface area contributed by atoms with Gasteiger partial charge in [0.05, 0.1) is 0 Å². The molecule has 0 amide bonds.